The van der Waals surface area contributed by atoms with E-state index in [2.05, 4.69) is 11.7 Å². The van der Waals surface area contributed by atoms with E-state index in [-0.39, 0.29) is 5.97 Å². The third-order valence-corrected chi connectivity index (χ3v) is 4.02. The number of aliphatic hydroxyl groups is 2. The summed E-state index contributed by atoms with van der Waals surface area (Å²) in [6.07, 6.45) is 14.2. The number of hydrogen-bond acceptors (Lipinski definition) is 4. The third kappa shape index (κ3) is 15.8. The number of ether oxygens (including phenoxy) is 1. The van der Waals surface area contributed by atoms with Crippen molar-refractivity contribution in [2.45, 2.75) is 96.2 Å². The molecule has 4 heteroatoms. The molecule has 0 unspecified atom stereocenters. The van der Waals surface area contributed by atoms with E-state index in [4.69, 9.17) is 0 Å². The summed E-state index contributed by atoms with van der Waals surface area (Å²) in [5.41, 5.74) is 0. The molecule has 2 N–H and O–H groups in total. The van der Waals surface area contributed by atoms with Gasteiger partial charge in [-0.15, -0.1) is 0 Å². The first-order valence-electron chi connectivity index (χ1n) is 9.21. The molecule has 23 heavy (non-hydrogen) atoms. The molecular formula is C19H36O4. The Morgan fingerprint density at radius 1 is 0.870 bits per heavy atom. The first-order chi connectivity index (χ1) is 11.1. The molecule has 0 radical (unpaired) electrons. The van der Waals surface area contributed by atoms with E-state index >= 15 is 0 Å². The van der Waals surface area contributed by atoms with Crippen molar-refractivity contribution in [1.82, 2.24) is 0 Å². The average molecular weight is 328 g/mol. The molecule has 0 aliphatic rings. The smallest absolute Gasteiger partial charge is 0.305 e. The third-order valence-electron chi connectivity index (χ3n) is 4.02. The Morgan fingerprint density at radius 2 is 1.35 bits per heavy atom. The van der Waals surface area contributed by atoms with Gasteiger partial charge in [0, 0.05) is 6.42 Å². The van der Waals surface area contributed by atoms with Crippen LogP contribution in [0.5, 0.6) is 0 Å². The van der Waals surface area contributed by atoms with Crippen LogP contribution in [-0.4, -0.2) is 35.5 Å². The number of unbranched alkanes of at least 4 members (excludes halogenated alkanes) is 7. The highest BCUT2D eigenvalue weighted by atomic mass is 16.5. The predicted molar refractivity (Wildman–Crippen MR) is 94.2 cm³/mol. The molecule has 0 aromatic carbocycles. The summed E-state index contributed by atoms with van der Waals surface area (Å²) in [6.45, 7) is 2.17. The molecule has 0 aliphatic carbocycles. The number of aliphatic hydroxyl groups excluding tert-OH is 2. The van der Waals surface area contributed by atoms with E-state index in [1.807, 2.05) is 0 Å². The molecule has 0 aromatic heterocycles. The number of carbonyl (C=O) groups excluding carboxylic acids is 1. The fourth-order valence-corrected chi connectivity index (χ4v) is 2.48. The topological polar surface area (TPSA) is 66.8 Å². The Bertz CT molecular complexity index is 302. The first kappa shape index (κ1) is 22.1. The second-order valence-corrected chi connectivity index (χ2v) is 6.25. The molecule has 4 nitrogen and oxygen atoms in total. The zero-order valence-electron chi connectivity index (χ0n) is 15.0. The van der Waals surface area contributed by atoms with E-state index in [0.717, 1.165) is 51.4 Å². The summed E-state index contributed by atoms with van der Waals surface area (Å²) in [6, 6.07) is 0. The van der Waals surface area contributed by atoms with Crippen molar-refractivity contribution in [1.29, 1.82) is 0 Å². The SMILES string of the molecule is CCCCCC[C@@H](O)/C=C/[C@@H](O)CCCCCCCC(=O)OC. The van der Waals surface area contributed by atoms with E-state index in [0.29, 0.717) is 6.42 Å². The molecule has 0 aliphatic heterocycles. The summed E-state index contributed by atoms with van der Waals surface area (Å²) in [4.78, 5) is 10.9. The molecule has 0 spiro atoms. The maximum Gasteiger partial charge on any atom is 0.305 e. The predicted octanol–water partition coefficient (Wildman–Crippen LogP) is 4.14. The van der Waals surface area contributed by atoms with Gasteiger partial charge in [-0.05, 0) is 19.3 Å². The van der Waals surface area contributed by atoms with Crippen molar-refractivity contribution in [2.24, 2.45) is 0 Å². The van der Waals surface area contributed by atoms with Crippen molar-refractivity contribution >= 4 is 5.97 Å². The Labute approximate surface area is 141 Å². The van der Waals surface area contributed by atoms with Crippen LogP contribution < -0.4 is 0 Å². The molecule has 0 aromatic rings. The van der Waals surface area contributed by atoms with Crippen molar-refractivity contribution < 1.29 is 19.7 Å². The molecule has 0 bridgehead atoms. The Hall–Kier alpha value is -0.870. The second-order valence-electron chi connectivity index (χ2n) is 6.25. The molecule has 0 fully saturated rings. The number of carbonyl (C=O) groups is 1. The largest absolute Gasteiger partial charge is 0.469 e. The van der Waals surface area contributed by atoms with Gasteiger partial charge in [-0.25, -0.2) is 0 Å². The normalized spacial score (nSPS) is 14.1. The maximum absolute atomic E-state index is 10.9. The monoisotopic (exact) mass is 328 g/mol. The van der Waals surface area contributed by atoms with Crippen LogP contribution in [0, 0.1) is 0 Å². The van der Waals surface area contributed by atoms with Gasteiger partial charge in [-0.2, -0.15) is 0 Å². The van der Waals surface area contributed by atoms with E-state index < -0.39 is 12.2 Å². The summed E-state index contributed by atoms with van der Waals surface area (Å²) < 4.78 is 4.59. The summed E-state index contributed by atoms with van der Waals surface area (Å²) in [7, 11) is 1.42. The van der Waals surface area contributed by atoms with Gasteiger partial charge in [0.15, 0.2) is 0 Å². The van der Waals surface area contributed by atoms with Gasteiger partial charge in [-0.3, -0.25) is 4.79 Å². The van der Waals surface area contributed by atoms with E-state index in [1.54, 1.807) is 12.2 Å². The highest BCUT2D eigenvalue weighted by molar-refractivity contribution is 5.68. The number of esters is 1. The van der Waals surface area contributed by atoms with Gasteiger partial charge in [0.25, 0.3) is 0 Å². The van der Waals surface area contributed by atoms with Gasteiger partial charge in [0.2, 0.25) is 0 Å². The standard InChI is InChI=1S/C19H36O4/c1-3-4-5-9-12-17(20)15-16-18(21)13-10-7-6-8-11-14-19(22)23-2/h15-18,20-21H,3-14H2,1-2H3/b16-15+/t17-,18+/m1/s1. The van der Waals surface area contributed by atoms with Crippen molar-refractivity contribution in [3.05, 3.63) is 12.2 Å². The lowest BCUT2D eigenvalue weighted by Crippen LogP contribution is -2.06. The molecule has 0 heterocycles. The average Bonchev–Trinajstić information content (AvgIpc) is 2.55. The van der Waals surface area contributed by atoms with Crippen LogP contribution in [0.3, 0.4) is 0 Å². The first-order valence-corrected chi connectivity index (χ1v) is 9.21. The van der Waals surface area contributed by atoms with Crippen LogP contribution in [0.1, 0.15) is 84.0 Å². The van der Waals surface area contributed by atoms with Gasteiger partial charge >= 0.3 is 5.97 Å². The second kappa shape index (κ2) is 16.0. The minimum atomic E-state index is -0.463. The zero-order chi connectivity index (χ0) is 17.3. The van der Waals surface area contributed by atoms with E-state index in [1.165, 1.54) is 26.4 Å². The van der Waals surface area contributed by atoms with Crippen molar-refractivity contribution in [3.8, 4) is 0 Å². The molecule has 0 saturated heterocycles. The van der Waals surface area contributed by atoms with Crippen LogP contribution in [0.4, 0.5) is 0 Å². The van der Waals surface area contributed by atoms with E-state index in [9.17, 15) is 15.0 Å². The van der Waals surface area contributed by atoms with Crippen LogP contribution in [0.2, 0.25) is 0 Å². The quantitative estimate of drug-likeness (QED) is 0.269. The lowest BCUT2D eigenvalue weighted by Gasteiger charge is -2.08. The van der Waals surface area contributed by atoms with Gasteiger partial charge < -0.3 is 14.9 Å². The Morgan fingerprint density at radius 3 is 1.87 bits per heavy atom. The molecule has 0 saturated carbocycles. The highest BCUT2D eigenvalue weighted by Crippen LogP contribution is 2.11. The molecule has 136 valence electrons. The van der Waals surface area contributed by atoms with Crippen LogP contribution >= 0.6 is 0 Å². The molecule has 0 rings (SSSR count). The molecular weight excluding hydrogens is 292 g/mol. The summed E-state index contributed by atoms with van der Waals surface area (Å²) in [5.74, 6) is -0.140. The summed E-state index contributed by atoms with van der Waals surface area (Å²) >= 11 is 0. The van der Waals surface area contributed by atoms with Crippen LogP contribution in [-0.2, 0) is 9.53 Å². The minimum Gasteiger partial charge on any atom is -0.469 e. The summed E-state index contributed by atoms with van der Waals surface area (Å²) in [5, 5.41) is 19.7. The molecule has 2 atom stereocenters. The highest BCUT2D eigenvalue weighted by Gasteiger charge is 2.03. The zero-order valence-corrected chi connectivity index (χ0v) is 15.0. The van der Waals surface area contributed by atoms with Crippen molar-refractivity contribution in [3.63, 3.8) is 0 Å². The van der Waals surface area contributed by atoms with Gasteiger partial charge in [-0.1, -0.05) is 70.4 Å². The number of rotatable bonds is 15. The lowest BCUT2D eigenvalue weighted by atomic mass is 10.1. The molecule has 0 amide bonds. The Balaban J connectivity index is 3.49. The maximum atomic E-state index is 10.9. The fraction of sp³-hybridized carbons (Fsp3) is 0.842. The van der Waals surface area contributed by atoms with Gasteiger partial charge in [0.05, 0.1) is 19.3 Å². The Kier molecular flexibility index (Phi) is 15.4. The number of methoxy groups -OCH3 is 1. The minimum absolute atomic E-state index is 0.140. The van der Waals surface area contributed by atoms with Crippen LogP contribution in [0.15, 0.2) is 12.2 Å². The van der Waals surface area contributed by atoms with Crippen molar-refractivity contribution in [2.75, 3.05) is 7.11 Å². The fourth-order valence-electron chi connectivity index (χ4n) is 2.48. The van der Waals surface area contributed by atoms with Gasteiger partial charge in [0.1, 0.15) is 0 Å². The van der Waals surface area contributed by atoms with Crippen LogP contribution in [0.25, 0.3) is 0 Å². The number of hydrogen-bond donors (Lipinski definition) is 2. The lowest BCUT2D eigenvalue weighted by molar-refractivity contribution is -0.140.